The highest BCUT2D eigenvalue weighted by Crippen LogP contribution is 2.25. The standard InChI is InChI=1S/C22H25N5O4S/c1-31-19-7-9-20(10-8-19)32(29,30)27-13-11-18(12-14-27)21(28)24-22-23-16-26(25-22)15-17-5-3-2-4-6-17/h2-10,16,18H,11-15H2,1H3,(H,24,25,28). The number of sulfonamides is 1. The van der Waals surface area contributed by atoms with E-state index in [4.69, 9.17) is 4.74 Å². The first-order valence-electron chi connectivity index (χ1n) is 10.3. The van der Waals surface area contributed by atoms with Crippen molar-refractivity contribution < 1.29 is 17.9 Å². The van der Waals surface area contributed by atoms with E-state index in [2.05, 4.69) is 15.4 Å². The fourth-order valence-corrected chi connectivity index (χ4v) is 5.14. The molecule has 0 atom stereocenters. The SMILES string of the molecule is COc1ccc(S(=O)(=O)N2CCC(C(=O)Nc3ncn(Cc4ccccc4)n3)CC2)cc1. The Morgan fingerprint density at radius 3 is 2.44 bits per heavy atom. The Bertz CT molecular complexity index is 1150. The third kappa shape index (κ3) is 4.97. The topological polar surface area (TPSA) is 106 Å². The molecule has 0 spiro atoms. The molecule has 0 radical (unpaired) electrons. The van der Waals surface area contributed by atoms with Crippen molar-refractivity contribution in [1.82, 2.24) is 19.1 Å². The Hall–Kier alpha value is -3.24. The van der Waals surface area contributed by atoms with Gasteiger partial charge in [0, 0.05) is 19.0 Å². The first kappa shape index (κ1) is 22.0. The molecule has 1 saturated heterocycles. The van der Waals surface area contributed by atoms with Gasteiger partial charge in [0.25, 0.3) is 0 Å². The maximum Gasteiger partial charge on any atom is 0.248 e. The Morgan fingerprint density at radius 2 is 1.78 bits per heavy atom. The number of methoxy groups -OCH3 is 1. The number of piperidine rings is 1. The quantitative estimate of drug-likeness (QED) is 0.586. The molecule has 0 bridgehead atoms. The number of aromatic nitrogens is 3. The van der Waals surface area contributed by atoms with Crippen LogP contribution in [0.3, 0.4) is 0 Å². The van der Waals surface area contributed by atoms with Crippen LogP contribution in [0.1, 0.15) is 18.4 Å². The minimum Gasteiger partial charge on any atom is -0.497 e. The zero-order valence-corrected chi connectivity index (χ0v) is 18.5. The molecule has 1 aliphatic heterocycles. The van der Waals surface area contributed by atoms with Gasteiger partial charge in [-0.1, -0.05) is 30.3 Å². The lowest BCUT2D eigenvalue weighted by atomic mass is 9.97. The molecule has 1 N–H and O–H groups in total. The van der Waals surface area contributed by atoms with E-state index in [9.17, 15) is 13.2 Å². The summed E-state index contributed by atoms with van der Waals surface area (Å²) in [6.07, 6.45) is 2.45. The van der Waals surface area contributed by atoms with Crippen LogP contribution < -0.4 is 10.1 Å². The molecule has 0 unspecified atom stereocenters. The van der Waals surface area contributed by atoms with Crippen LogP contribution in [-0.2, 0) is 21.4 Å². The molecule has 1 fully saturated rings. The summed E-state index contributed by atoms with van der Waals surface area (Å²) in [7, 11) is -2.07. The van der Waals surface area contributed by atoms with Gasteiger partial charge in [0.2, 0.25) is 21.9 Å². The molecule has 168 valence electrons. The maximum absolute atomic E-state index is 12.9. The van der Waals surface area contributed by atoms with E-state index in [1.54, 1.807) is 23.1 Å². The molecule has 0 aliphatic carbocycles. The van der Waals surface area contributed by atoms with E-state index in [0.29, 0.717) is 25.1 Å². The predicted molar refractivity (Wildman–Crippen MR) is 119 cm³/mol. The van der Waals surface area contributed by atoms with Gasteiger partial charge in [-0.25, -0.2) is 18.1 Å². The van der Waals surface area contributed by atoms with E-state index in [1.165, 1.54) is 23.5 Å². The number of amides is 1. The van der Waals surface area contributed by atoms with E-state index < -0.39 is 10.0 Å². The second-order valence-electron chi connectivity index (χ2n) is 7.59. The molecule has 0 saturated carbocycles. The van der Waals surface area contributed by atoms with Gasteiger partial charge in [0.1, 0.15) is 12.1 Å². The maximum atomic E-state index is 12.9. The summed E-state index contributed by atoms with van der Waals surface area (Å²) in [6, 6.07) is 16.2. The molecule has 2 aromatic carbocycles. The van der Waals surface area contributed by atoms with Crippen LogP contribution in [0, 0.1) is 5.92 Å². The van der Waals surface area contributed by atoms with Crippen molar-refractivity contribution in [1.29, 1.82) is 0 Å². The lowest BCUT2D eigenvalue weighted by Crippen LogP contribution is -2.41. The average molecular weight is 456 g/mol. The molecular weight excluding hydrogens is 430 g/mol. The van der Waals surface area contributed by atoms with Crippen LogP contribution in [0.4, 0.5) is 5.95 Å². The van der Waals surface area contributed by atoms with Crippen LogP contribution in [0.15, 0.2) is 65.8 Å². The highest BCUT2D eigenvalue weighted by atomic mass is 32.2. The summed E-state index contributed by atoms with van der Waals surface area (Å²) < 4.78 is 33.9. The monoisotopic (exact) mass is 455 g/mol. The van der Waals surface area contributed by atoms with E-state index in [1.807, 2.05) is 30.3 Å². The molecule has 4 rings (SSSR count). The number of ether oxygens (including phenoxy) is 1. The van der Waals surface area contributed by atoms with Crippen molar-refractivity contribution in [2.75, 3.05) is 25.5 Å². The number of anilines is 1. The van der Waals surface area contributed by atoms with Crippen LogP contribution in [0.25, 0.3) is 0 Å². The Kier molecular flexibility index (Phi) is 6.52. The second-order valence-corrected chi connectivity index (χ2v) is 9.53. The Labute approximate surface area is 187 Å². The normalized spacial score (nSPS) is 15.4. The van der Waals surface area contributed by atoms with Gasteiger partial charge in [-0.05, 0) is 42.7 Å². The predicted octanol–water partition coefficient (Wildman–Crippen LogP) is 2.37. The minimum atomic E-state index is -3.60. The zero-order chi connectivity index (χ0) is 22.6. The van der Waals surface area contributed by atoms with E-state index in [-0.39, 0.29) is 35.8 Å². The first-order chi connectivity index (χ1) is 15.5. The molecular formula is C22H25N5O4S. The van der Waals surface area contributed by atoms with Crippen LogP contribution >= 0.6 is 0 Å². The van der Waals surface area contributed by atoms with Crippen molar-refractivity contribution in [3.63, 3.8) is 0 Å². The smallest absolute Gasteiger partial charge is 0.248 e. The van der Waals surface area contributed by atoms with Gasteiger partial charge in [0.05, 0.1) is 18.6 Å². The number of nitrogens with zero attached hydrogens (tertiary/aromatic N) is 4. The molecule has 9 nitrogen and oxygen atoms in total. The van der Waals surface area contributed by atoms with Gasteiger partial charge in [-0.3, -0.25) is 10.1 Å². The van der Waals surface area contributed by atoms with Crippen LogP contribution in [0.5, 0.6) is 5.75 Å². The van der Waals surface area contributed by atoms with Gasteiger partial charge >= 0.3 is 0 Å². The van der Waals surface area contributed by atoms with Crippen molar-refractivity contribution in [3.8, 4) is 5.75 Å². The number of hydrogen-bond donors (Lipinski definition) is 1. The van der Waals surface area contributed by atoms with Crippen molar-refractivity contribution in [2.45, 2.75) is 24.3 Å². The minimum absolute atomic E-state index is 0.191. The Morgan fingerprint density at radius 1 is 1.09 bits per heavy atom. The molecule has 1 amide bonds. The summed E-state index contributed by atoms with van der Waals surface area (Å²) in [4.78, 5) is 17.0. The highest BCUT2D eigenvalue weighted by Gasteiger charge is 2.32. The van der Waals surface area contributed by atoms with Gasteiger partial charge in [-0.2, -0.15) is 4.31 Å². The third-order valence-electron chi connectivity index (χ3n) is 5.48. The van der Waals surface area contributed by atoms with Gasteiger partial charge in [0.15, 0.2) is 0 Å². The second kappa shape index (κ2) is 9.49. The van der Waals surface area contributed by atoms with Gasteiger partial charge in [-0.15, -0.1) is 5.10 Å². The number of rotatable bonds is 7. The summed E-state index contributed by atoms with van der Waals surface area (Å²) >= 11 is 0. The first-order valence-corrected chi connectivity index (χ1v) is 11.8. The summed E-state index contributed by atoms with van der Waals surface area (Å²) in [6.45, 7) is 1.12. The highest BCUT2D eigenvalue weighted by molar-refractivity contribution is 7.89. The summed E-state index contributed by atoms with van der Waals surface area (Å²) in [5.41, 5.74) is 1.08. The van der Waals surface area contributed by atoms with Crippen molar-refractivity contribution in [2.24, 2.45) is 5.92 Å². The lowest BCUT2D eigenvalue weighted by Gasteiger charge is -2.30. The lowest BCUT2D eigenvalue weighted by molar-refractivity contribution is -0.121. The molecule has 3 aromatic rings. The van der Waals surface area contributed by atoms with Crippen molar-refractivity contribution in [3.05, 3.63) is 66.5 Å². The molecule has 32 heavy (non-hydrogen) atoms. The zero-order valence-electron chi connectivity index (χ0n) is 17.7. The molecule has 1 aliphatic rings. The average Bonchev–Trinajstić information content (AvgIpc) is 3.26. The van der Waals surface area contributed by atoms with Crippen molar-refractivity contribution >= 4 is 21.9 Å². The molecule has 1 aromatic heterocycles. The van der Waals surface area contributed by atoms with Gasteiger partial charge < -0.3 is 4.74 Å². The molecule has 2 heterocycles. The Balaban J connectivity index is 1.31. The number of benzene rings is 2. The van der Waals surface area contributed by atoms with E-state index >= 15 is 0 Å². The summed E-state index contributed by atoms with van der Waals surface area (Å²) in [5, 5.41) is 7.06. The number of carbonyl (C=O) groups is 1. The summed E-state index contributed by atoms with van der Waals surface area (Å²) in [5.74, 6) is 0.362. The third-order valence-corrected chi connectivity index (χ3v) is 7.39. The fourth-order valence-electron chi connectivity index (χ4n) is 3.67. The van der Waals surface area contributed by atoms with Crippen LogP contribution in [0.2, 0.25) is 0 Å². The van der Waals surface area contributed by atoms with Crippen LogP contribution in [-0.4, -0.2) is 53.6 Å². The number of carbonyl (C=O) groups excluding carboxylic acids is 1. The largest absolute Gasteiger partial charge is 0.497 e. The molecule has 10 heteroatoms. The fraction of sp³-hybridized carbons (Fsp3) is 0.318. The van der Waals surface area contributed by atoms with E-state index in [0.717, 1.165) is 5.56 Å². The number of nitrogens with one attached hydrogen (secondary N) is 1. The number of hydrogen-bond acceptors (Lipinski definition) is 6.